The van der Waals surface area contributed by atoms with Crippen molar-refractivity contribution in [2.24, 2.45) is 34.8 Å². The molecule has 1 aliphatic heterocycles. The predicted molar refractivity (Wildman–Crippen MR) is 189 cm³/mol. The maximum absolute atomic E-state index is 14.4. The quantitative estimate of drug-likeness (QED) is 0.189. The zero-order valence-electron chi connectivity index (χ0n) is 30.2. The molecular weight excluding hydrogens is 669 g/mol. The summed E-state index contributed by atoms with van der Waals surface area (Å²) in [5.74, 6) is -3.02. The lowest BCUT2D eigenvalue weighted by Crippen LogP contribution is -2.62. The maximum atomic E-state index is 14.4. The van der Waals surface area contributed by atoms with Crippen LogP contribution in [0.5, 0.6) is 0 Å². The number of rotatable bonds is 16. The fraction of sp³-hybridized carbons (Fsp3) is 0.735. The van der Waals surface area contributed by atoms with Crippen LogP contribution in [0.25, 0.3) is 0 Å². The number of nitrogens with zero attached hydrogens (tertiary/aromatic N) is 2. The van der Waals surface area contributed by atoms with E-state index in [2.05, 4.69) is 16.0 Å². The Kier molecular flexibility index (Phi) is 13.8. The molecule has 3 rings (SSSR count). The van der Waals surface area contributed by atoms with Gasteiger partial charge in [-0.3, -0.25) is 19.2 Å². The number of likely N-dealkylation sites (N-methyl/N-ethyl adjacent to an activating group) is 1. The summed E-state index contributed by atoms with van der Waals surface area (Å²) in [4.78, 5) is 68.0. The minimum Gasteiger partial charge on any atom is -0.363 e. The fourth-order valence-corrected chi connectivity index (χ4v) is 8.96. The van der Waals surface area contributed by atoms with Crippen LogP contribution >= 0.6 is 11.3 Å². The molecule has 1 aliphatic carbocycles. The summed E-state index contributed by atoms with van der Waals surface area (Å²) >= 11 is 1.12. The third-order valence-electron chi connectivity index (χ3n) is 10.2. The second kappa shape index (κ2) is 16.8. The smallest absolute Gasteiger partial charge is 0.315 e. The van der Waals surface area contributed by atoms with Crippen LogP contribution in [-0.4, -0.2) is 91.5 Å². The number of ketones is 1. The highest BCUT2D eigenvalue weighted by atomic mass is 32.2. The summed E-state index contributed by atoms with van der Waals surface area (Å²) in [6.45, 7) is 13.5. The van der Waals surface area contributed by atoms with E-state index in [-0.39, 0.29) is 41.0 Å². The minimum absolute atomic E-state index is 0.0211. The highest BCUT2D eigenvalue weighted by molar-refractivity contribution is 7.91. The number of carbonyl (C=O) groups excluding carboxylic acids is 5. The Hall–Kier alpha value is -3.04. The summed E-state index contributed by atoms with van der Waals surface area (Å²) < 4.78 is 27.7. The van der Waals surface area contributed by atoms with Crippen molar-refractivity contribution in [3.63, 3.8) is 0 Å². The third-order valence-corrected chi connectivity index (χ3v) is 13.4. The van der Waals surface area contributed by atoms with E-state index in [0.29, 0.717) is 19.3 Å². The van der Waals surface area contributed by atoms with Crippen LogP contribution in [0.2, 0.25) is 0 Å². The molecular formula is C34H56N6O7S2. The number of hydrogen-bond donors (Lipinski definition) is 4. The number of thiophene rings is 1. The number of amides is 5. The van der Waals surface area contributed by atoms with Crippen LogP contribution in [0, 0.1) is 29.1 Å². The molecule has 0 aromatic carbocycles. The zero-order valence-corrected chi connectivity index (χ0v) is 31.8. The molecule has 1 unspecified atom stereocenters. The first-order valence-electron chi connectivity index (χ1n) is 17.3. The number of carbonyl (C=O) groups is 5. The van der Waals surface area contributed by atoms with Gasteiger partial charge < -0.3 is 26.6 Å². The van der Waals surface area contributed by atoms with Gasteiger partial charge in [0.25, 0.3) is 15.9 Å². The van der Waals surface area contributed by atoms with Crippen molar-refractivity contribution in [2.75, 3.05) is 20.1 Å². The molecule has 13 nitrogen and oxygen atoms in total. The van der Waals surface area contributed by atoms with Gasteiger partial charge in [-0.05, 0) is 53.4 Å². The lowest BCUT2D eigenvalue weighted by Gasteiger charge is -2.38. The largest absolute Gasteiger partial charge is 0.363 e. The maximum Gasteiger partial charge on any atom is 0.315 e. The molecule has 1 aromatic rings. The molecule has 49 heavy (non-hydrogen) atoms. The van der Waals surface area contributed by atoms with Gasteiger partial charge in [0.05, 0.1) is 6.04 Å². The van der Waals surface area contributed by atoms with Gasteiger partial charge >= 0.3 is 6.03 Å². The summed E-state index contributed by atoms with van der Waals surface area (Å²) in [6, 6.07) is -1.02. The van der Waals surface area contributed by atoms with Crippen LogP contribution in [0.15, 0.2) is 21.7 Å². The van der Waals surface area contributed by atoms with Gasteiger partial charge in [-0.1, -0.05) is 80.2 Å². The highest BCUT2D eigenvalue weighted by Crippen LogP contribution is 2.34. The van der Waals surface area contributed by atoms with Crippen molar-refractivity contribution < 1.29 is 32.4 Å². The number of likely N-dealkylation sites (tertiary alicyclic amines) is 1. The molecule has 5 amide bonds. The zero-order chi connectivity index (χ0) is 36.8. The number of nitrogens with one attached hydrogen (secondary N) is 3. The molecule has 0 radical (unpaired) electrons. The van der Waals surface area contributed by atoms with Gasteiger partial charge in [0.15, 0.2) is 0 Å². The first-order valence-corrected chi connectivity index (χ1v) is 19.6. The second-order valence-corrected chi connectivity index (χ2v) is 18.3. The Labute approximate surface area is 295 Å². The summed E-state index contributed by atoms with van der Waals surface area (Å²) in [5, 5.41) is 10.2. The first kappa shape index (κ1) is 40.4. The molecule has 1 saturated carbocycles. The molecule has 6 atom stereocenters. The molecule has 0 spiro atoms. The lowest BCUT2D eigenvalue weighted by molar-refractivity contribution is -0.144. The first-order chi connectivity index (χ1) is 22.8. The van der Waals surface area contributed by atoms with Crippen molar-refractivity contribution in [1.29, 1.82) is 0 Å². The molecule has 276 valence electrons. The van der Waals surface area contributed by atoms with Crippen LogP contribution in [-0.2, 0) is 29.2 Å². The lowest BCUT2D eigenvalue weighted by atomic mass is 9.80. The predicted octanol–water partition coefficient (Wildman–Crippen LogP) is 3.10. The van der Waals surface area contributed by atoms with Crippen molar-refractivity contribution in [2.45, 2.75) is 115 Å². The van der Waals surface area contributed by atoms with E-state index in [1.165, 1.54) is 22.3 Å². The van der Waals surface area contributed by atoms with Crippen LogP contribution in [0.4, 0.5) is 4.79 Å². The normalized spacial score (nSPS) is 21.1. The van der Waals surface area contributed by atoms with Gasteiger partial charge in [0.2, 0.25) is 17.6 Å². The minimum atomic E-state index is -3.76. The van der Waals surface area contributed by atoms with Gasteiger partial charge in [-0.2, -0.15) is 4.31 Å². The molecule has 1 saturated heterocycles. The molecule has 2 aliphatic rings. The van der Waals surface area contributed by atoms with Crippen molar-refractivity contribution in [1.82, 2.24) is 25.2 Å². The average Bonchev–Trinajstić information content (AvgIpc) is 3.70. The van der Waals surface area contributed by atoms with Gasteiger partial charge in [-0.25, -0.2) is 13.2 Å². The number of urea groups is 1. The summed E-state index contributed by atoms with van der Waals surface area (Å²) in [6.07, 6.45) is 4.35. The molecule has 2 fully saturated rings. The molecule has 2 heterocycles. The molecule has 0 bridgehead atoms. The Morgan fingerprint density at radius 2 is 1.71 bits per heavy atom. The third kappa shape index (κ3) is 10.0. The average molecular weight is 725 g/mol. The number of Topliss-reactive ketones (excluding diaryl/α,β-unsaturated/α-hetero) is 1. The fourth-order valence-electron chi connectivity index (χ4n) is 6.57. The standard InChI is InChI=1S/C34H56N6O7S2/c1-9-21(4)25(19-39(8)49(46,47)26-14-11-17-48-26)37-33(45)38-29(34(5,6)7)32(44)40-16-15-23(20(2)3)27(40)31(43)36-24(28(41)30(35)42)18-22-12-10-13-22/h11,14,17,20-25,27,29H,9-10,12-13,15-16,18-19H2,1-8H3,(H2,35,42)(H,36,43)(H2,37,38,45)/t21-,23+,24?,25+,27-,29+/m0/s1. The van der Waals surface area contributed by atoms with Crippen LogP contribution < -0.4 is 21.7 Å². The van der Waals surface area contributed by atoms with E-state index in [1.54, 1.807) is 11.4 Å². The highest BCUT2D eigenvalue weighted by Gasteiger charge is 2.48. The molecule has 5 N–H and O–H groups in total. The van der Waals surface area contributed by atoms with Crippen molar-refractivity contribution >= 4 is 50.9 Å². The summed E-state index contributed by atoms with van der Waals surface area (Å²) in [7, 11) is -2.28. The van der Waals surface area contributed by atoms with E-state index < -0.39 is 69.1 Å². The second-order valence-electron chi connectivity index (χ2n) is 15.1. The Morgan fingerprint density at radius 3 is 2.20 bits per heavy atom. The number of hydrogen-bond acceptors (Lipinski definition) is 8. The SMILES string of the molecule is CC[C@H](C)[C@@H](CN(C)S(=O)(=O)c1cccs1)NC(=O)N[C@H](C(=O)N1CC[C@H](C(C)C)[C@H]1C(=O)NC(CC1CCC1)C(=O)C(N)=O)C(C)(C)C. The van der Waals surface area contributed by atoms with E-state index in [9.17, 15) is 32.4 Å². The van der Waals surface area contributed by atoms with E-state index >= 15 is 0 Å². The Morgan fingerprint density at radius 1 is 1.06 bits per heavy atom. The topological polar surface area (TPSA) is 188 Å². The Bertz CT molecular complexity index is 1440. The molecule has 15 heteroatoms. The molecule has 1 aromatic heterocycles. The van der Waals surface area contributed by atoms with Gasteiger partial charge in [-0.15, -0.1) is 11.3 Å². The van der Waals surface area contributed by atoms with E-state index in [0.717, 1.165) is 30.6 Å². The monoisotopic (exact) mass is 724 g/mol. The van der Waals surface area contributed by atoms with Crippen molar-refractivity contribution in [3.05, 3.63) is 17.5 Å². The van der Waals surface area contributed by atoms with Crippen LogP contribution in [0.1, 0.15) is 87.0 Å². The van der Waals surface area contributed by atoms with Gasteiger partial charge in [0, 0.05) is 26.2 Å². The van der Waals surface area contributed by atoms with E-state index in [4.69, 9.17) is 5.73 Å². The Balaban J connectivity index is 1.82. The van der Waals surface area contributed by atoms with Gasteiger partial charge in [0.1, 0.15) is 16.3 Å². The van der Waals surface area contributed by atoms with E-state index in [1.807, 2.05) is 48.5 Å². The number of nitrogens with two attached hydrogens (primary N) is 1. The number of sulfonamides is 1. The summed E-state index contributed by atoms with van der Waals surface area (Å²) in [5.41, 5.74) is 4.56. The number of primary amides is 1. The van der Waals surface area contributed by atoms with Crippen molar-refractivity contribution in [3.8, 4) is 0 Å². The van der Waals surface area contributed by atoms with Crippen LogP contribution in [0.3, 0.4) is 0 Å².